The smallest absolute Gasteiger partial charge is 0.138 e. The number of halogens is 1. The molecule has 1 aromatic carbocycles. The van der Waals surface area contributed by atoms with Gasteiger partial charge in [-0.3, -0.25) is 4.21 Å². The van der Waals surface area contributed by atoms with Crippen LogP contribution in [0.4, 0.5) is 4.39 Å². The summed E-state index contributed by atoms with van der Waals surface area (Å²) >= 11 is -2.47. The van der Waals surface area contributed by atoms with Gasteiger partial charge < -0.3 is 4.55 Å². The van der Waals surface area contributed by atoms with Crippen molar-refractivity contribution in [3.63, 3.8) is 0 Å². The van der Waals surface area contributed by atoms with Crippen LogP contribution in [0, 0.1) is 5.82 Å². The first-order valence-corrected chi connectivity index (χ1v) is 5.14. The van der Waals surface area contributed by atoms with Crippen molar-refractivity contribution in [3.8, 4) is 0 Å². The Morgan fingerprint density at radius 3 is 2.62 bits per heavy atom. The average Bonchev–Trinajstić information content (AvgIpc) is 2.85. The fourth-order valence-electron chi connectivity index (χ4n) is 1.32. The first-order valence-electron chi connectivity index (χ1n) is 4.07. The molecule has 1 atom stereocenters. The van der Waals surface area contributed by atoms with E-state index in [9.17, 15) is 13.2 Å². The van der Waals surface area contributed by atoms with Gasteiger partial charge in [-0.25, -0.2) is 4.39 Å². The van der Waals surface area contributed by atoms with E-state index in [2.05, 4.69) is 0 Å². The van der Waals surface area contributed by atoms with E-state index in [0.29, 0.717) is 5.92 Å². The topological polar surface area (TPSA) is 40.1 Å². The van der Waals surface area contributed by atoms with Crippen LogP contribution in [0.2, 0.25) is 0 Å². The van der Waals surface area contributed by atoms with Gasteiger partial charge in [-0.15, -0.1) is 0 Å². The average molecular weight is 199 g/mol. The standard InChI is InChI=1S/C9H9FO2S/c10-8-5-7(6-1-2-6)3-4-9(8)13(11)12/h3-6H,1-2H2,(H,11,12)/p-1. The molecule has 0 aliphatic heterocycles. The summed E-state index contributed by atoms with van der Waals surface area (Å²) in [5.74, 6) is -0.193. The van der Waals surface area contributed by atoms with Crippen LogP contribution in [0.25, 0.3) is 0 Å². The van der Waals surface area contributed by atoms with Gasteiger partial charge in [0, 0.05) is 0 Å². The third-order valence-corrected chi connectivity index (χ3v) is 2.87. The molecule has 4 heteroatoms. The van der Waals surface area contributed by atoms with E-state index in [-0.39, 0.29) is 4.90 Å². The highest BCUT2D eigenvalue weighted by Crippen LogP contribution is 2.40. The van der Waals surface area contributed by atoms with Gasteiger partial charge in [0.2, 0.25) is 0 Å². The van der Waals surface area contributed by atoms with Gasteiger partial charge in [-0.2, -0.15) is 0 Å². The van der Waals surface area contributed by atoms with Gasteiger partial charge in [0.15, 0.2) is 0 Å². The van der Waals surface area contributed by atoms with E-state index in [1.807, 2.05) is 0 Å². The molecule has 1 aromatic rings. The van der Waals surface area contributed by atoms with E-state index >= 15 is 0 Å². The van der Waals surface area contributed by atoms with E-state index in [1.54, 1.807) is 6.07 Å². The lowest BCUT2D eigenvalue weighted by Crippen LogP contribution is -1.94. The van der Waals surface area contributed by atoms with Crippen LogP contribution in [-0.4, -0.2) is 8.76 Å². The lowest BCUT2D eigenvalue weighted by atomic mass is 10.1. The third kappa shape index (κ3) is 1.78. The molecule has 0 amide bonds. The Morgan fingerprint density at radius 1 is 1.46 bits per heavy atom. The van der Waals surface area contributed by atoms with Gasteiger partial charge >= 0.3 is 0 Å². The molecule has 1 aliphatic carbocycles. The lowest BCUT2D eigenvalue weighted by molar-refractivity contribution is 0.522. The summed E-state index contributed by atoms with van der Waals surface area (Å²) in [7, 11) is 0. The highest BCUT2D eigenvalue weighted by atomic mass is 32.2. The molecule has 1 fully saturated rings. The van der Waals surface area contributed by atoms with Crippen molar-refractivity contribution in [3.05, 3.63) is 29.6 Å². The Labute approximate surface area is 78.1 Å². The lowest BCUT2D eigenvalue weighted by Gasteiger charge is -2.07. The molecule has 2 rings (SSSR count). The van der Waals surface area contributed by atoms with E-state index in [0.717, 1.165) is 18.4 Å². The highest BCUT2D eigenvalue weighted by molar-refractivity contribution is 7.79. The first kappa shape index (κ1) is 8.84. The molecule has 0 spiro atoms. The van der Waals surface area contributed by atoms with Gasteiger partial charge in [0.05, 0.1) is 4.90 Å². The Kier molecular flexibility index (Phi) is 2.17. The molecule has 1 unspecified atom stereocenters. The Hall–Kier alpha value is -0.740. The third-order valence-electron chi connectivity index (χ3n) is 2.18. The molecule has 13 heavy (non-hydrogen) atoms. The maximum Gasteiger partial charge on any atom is 0.138 e. The molecule has 2 nitrogen and oxygen atoms in total. The molecule has 0 aromatic heterocycles. The summed E-state index contributed by atoms with van der Waals surface area (Å²) in [5.41, 5.74) is 0.909. The molecule has 0 N–H and O–H groups in total. The summed E-state index contributed by atoms with van der Waals surface area (Å²) in [4.78, 5) is -0.246. The monoisotopic (exact) mass is 199 g/mol. The quantitative estimate of drug-likeness (QED) is 0.683. The first-order chi connectivity index (χ1) is 6.18. The van der Waals surface area contributed by atoms with Crippen LogP contribution >= 0.6 is 0 Å². The number of benzene rings is 1. The van der Waals surface area contributed by atoms with Gasteiger partial charge in [-0.1, -0.05) is 6.07 Å². The van der Waals surface area contributed by atoms with E-state index < -0.39 is 16.9 Å². The van der Waals surface area contributed by atoms with Crippen LogP contribution < -0.4 is 0 Å². The van der Waals surface area contributed by atoms with E-state index in [1.165, 1.54) is 12.1 Å². The fourth-order valence-corrected chi connectivity index (χ4v) is 1.72. The summed E-state index contributed by atoms with van der Waals surface area (Å²) < 4.78 is 34.1. The summed E-state index contributed by atoms with van der Waals surface area (Å²) in [6.07, 6.45) is 2.17. The zero-order chi connectivity index (χ0) is 9.42. The molecule has 0 heterocycles. The largest absolute Gasteiger partial charge is 0.768 e. The molecule has 0 bridgehead atoms. The molecule has 0 saturated heterocycles. The van der Waals surface area contributed by atoms with Gasteiger partial charge in [0.1, 0.15) is 5.82 Å². The molecule has 70 valence electrons. The predicted molar refractivity (Wildman–Crippen MR) is 45.6 cm³/mol. The molecular weight excluding hydrogens is 191 g/mol. The van der Waals surface area contributed by atoms with Crippen LogP contribution in [0.1, 0.15) is 24.3 Å². The fraction of sp³-hybridized carbons (Fsp3) is 0.333. The van der Waals surface area contributed by atoms with Crippen LogP contribution in [-0.2, 0) is 11.1 Å². The van der Waals surface area contributed by atoms with Gasteiger partial charge in [-0.05, 0) is 47.5 Å². The molecular formula is C9H8FO2S-. The van der Waals surface area contributed by atoms with Crippen molar-refractivity contribution in [1.29, 1.82) is 0 Å². The zero-order valence-corrected chi connectivity index (χ0v) is 7.64. The number of hydrogen-bond donors (Lipinski definition) is 0. The van der Waals surface area contributed by atoms with Crippen molar-refractivity contribution in [2.45, 2.75) is 23.7 Å². The normalized spacial score (nSPS) is 18.6. The van der Waals surface area contributed by atoms with Crippen molar-refractivity contribution in [2.75, 3.05) is 0 Å². The minimum Gasteiger partial charge on any atom is -0.768 e. The Balaban J connectivity index is 2.36. The molecule has 1 aliphatic rings. The highest BCUT2D eigenvalue weighted by Gasteiger charge is 2.24. The van der Waals surface area contributed by atoms with Crippen molar-refractivity contribution in [1.82, 2.24) is 0 Å². The van der Waals surface area contributed by atoms with Crippen molar-refractivity contribution < 1.29 is 13.2 Å². The predicted octanol–water partition coefficient (Wildman–Crippen LogP) is 1.94. The second-order valence-corrected chi connectivity index (χ2v) is 4.11. The molecule has 0 radical (unpaired) electrons. The Morgan fingerprint density at radius 2 is 2.15 bits per heavy atom. The van der Waals surface area contributed by atoms with Crippen molar-refractivity contribution in [2.24, 2.45) is 0 Å². The zero-order valence-electron chi connectivity index (χ0n) is 6.83. The molecule has 1 saturated carbocycles. The summed E-state index contributed by atoms with van der Waals surface area (Å²) in [6, 6.07) is 4.33. The second kappa shape index (κ2) is 3.20. The maximum absolute atomic E-state index is 13.1. The summed E-state index contributed by atoms with van der Waals surface area (Å²) in [6.45, 7) is 0. The van der Waals surface area contributed by atoms with Crippen LogP contribution in [0.3, 0.4) is 0 Å². The maximum atomic E-state index is 13.1. The van der Waals surface area contributed by atoms with E-state index in [4.69, 9.17) is 0 Å². The minimum absolute atomic E-state index is 0.246. The second-order valence-electron chi connectivity index (χ2n) is 3.20. The van der Waals surface area contributed by atoms with Crippen LogP contribution in [0.15, 0.2) is 23.1 Å². The Bertz CT molecular complexity index is 361. The minimum atomic E-state index is -2.47. The SMILES string of the molecule is O=S([O-])c1ccc(C2CC2)cc1F. The summed E-state index contributed by atoms with van der Waals surface area (Å²) in [5, 5.41) is 0. The van der Waals surface area contributed by atoms with Crippen LogP contribution in [0.5, 0.6) is 0 Å². The van der Waals surface area contributed by atoms with Crippen molar-refractivity contribution >= 4 is 11.1 Å². The van der Waals surface area contributed by atoms with Gasteiger partial charge in [0.25, 0.3) is 0 Å². The number of rotatable bonds is 2. The number of hydrogen-bond acceptors (Lipinski definition) is 2.